The molecule has 69 heavy (non-hydrogen) atoms. The molecule has 0 aromatic rings. The third-order valence-corrected chi connectivity index (χ3v) is 14.5. The summed E-state index contributed by atoms with van der Waals surface area (Å²) in [5, 5.41) is 0. The van der Waals surface area contributed by atoms with Gasteiger partial charge in [-0.25, -0.2) is 0 Å². The van der Waals surface area contributed by atoms with Crippen LogP contribution >= 0.6 is 7.82 Å². The lowest BCUT2D eigenvalue weighted by Gasteiger charge is -2.28. The van der Waals surface area contributed by atoms with Crippen molar-refractivity contribution in [1.82, 2.24) is 0 Å². The molecule has 0 heterocycles. The van der Waals surface area contributed by atoms with E-state index in [1.807, 2.05) is 21.1 Å². The number of unbranched alkanes of at least 4 members (excludes halogenated alkanes) is 39. The largest absolute Gasteiger partial charge is 0.756 e. The first-order valence-corrected chi connectivity index (χ1v) is 31.5. The summed E-state index contributed by atoms with van der Waals surface area (Å²) in [6.45, 7) is 5.47. The van der Waals surface area contributed by atoms with Crippen molar-refractivity contribution >= 4 is 13.8 Å². The van der Waals surface area contributed by atoms with Crippen molar-refractivity contribution in [2.45, 2.75) is 302 Å². The number of phosphoric acid groups is 1. The molecule has 0 N–H and O–H groups in total. The fourth-order valence-corrected chi connectivity index (χ4v) is 9.60. The van der Waals surface area contributed by atoms with E-state index in [0.717, 1.165) is 38.5 Å². The van der Waals surface area contributed by atoms with Gasteiger partial charge in [0.25, 0.3) is 7.82 Å². The van der Waals surface area contributed by atoms with E-state index in [0.29, 0.717) is 24.1 Å². The van der Waals surface area contributed by atoms with Gasteiger partial charge in [0.05, 0.1) is 34.4 Å². The van der Waals surface area contributed by atoms with E-state index < -0.39 is 13.9 Å². The third-order valence-electron chi connectivity index (χ3n) is 13.5. The molecule has 0 saturated carbocycles. The van der Waals surface area contributed by atoms with Crippen LogP contribution in [0.2, 0.25) is 0 Å². The highest BCUT2D eigenvalue weighted by Gasteiger charge is 2.20. The Labute approximate surface area is 430 Å². The molecule has 0 aliphatic carbocycles. The Morgan fingerprint density at radius 3 is 1.17 bits per heavy atom. The van der Waals surface area contributed by atoms with Crippen LogP contribution in [0.3, 0.4) is 0 Å². The molecule has 0 aromatic carbocycles. The van der Waals surface area contributed by atoms with Gasteiger partial charge in [-0.3, -0.25) is 9.36 Å². The van der Waals surface area contributed by atoms with Crippen molar-refractivity contribution in [3.05, 3.63) is 24.3 Å². The summed E-state index contributed by atoms with van der Waals surface area (Å²) in [7, 11) is 1.37. The Kier molecular flexibility index (Phi) is 52.5. The zero-order valence-corrected chi connectivity index (χ0v) is 47.7. The second-order valence-corrected chi connectivity index (χ2v) is 23.1. The van der Waals surface area contributed by atoms with Crippen molar-refractivity contribution < 1.29 is 37.3 Å². The molecular formula is C60H118NO7P. The van der Waals surface area contributed by atoms with Crippen LogP contribution in [-0.4, -0.2) is 70.7 Å². The van der Waals surface area contributed by atoms with Crippen molar-refractivity contribution in [3.63, 3.8) is 0 Å². The number of allylic oxidation sites excluding steroid dienone is 4. The monoisotopic (exact) mass is 996 g/mol. The fourth-order valence-electron chi connectivity index (χ4n) is 8.88. The zero-order valence-electron chi connectivity index (χ0n) is 46.8. The zero-order chi connectivity index (χ0) is 50.5. The predicted molar refractivity (Wildman–Crippen MR) is 296 cm³/mol. The minimum Gasteiger partial charge on any atom is -0.756 e. The average Bonchev–Trinajstić information content (AvgIpc) is 3.31. The molecule has 0 radical (unpaired) electrons. The molecular weight excluding hydrogens is 878 g/mol. The third kappa shape index (κ3) is 57.8. The number of carbonyl (C=O) groups is 1. The smallest absolute Gasteiger partial charge is 0.306 e. The van der Waals surface area contributed by atoms with Crippen LogP contribution in [0.5, 0.6) is 0 Å². The van der Waals surface area contributed by atoms with E-state index in [2.05, 4.69) is 38.2 Å². The Morgan fingerprint density at radius 1 is 0.449 bits per heavy atom. The summed E-state index contributed by atoms with van der Waals surface area (Å²) >= 11 is 0. The molecule has 410 valence electrons. The molecule has 2 atom stereocenters. The minimum absolute atomic E-state index is 0.0282. The van der Waals surface area contributed by atoms with E-state index in [9.17, 15) is 14.3 Å². The van der Waals surface area contributed by atoms with Gasteiger partial charge in [-0.1, -0.05) is 269 Å². The molecule has 8 nitrogen and oxygen atoms in total. The Balaban J connectivity index is 4.01. The Morgan fingerprint density at radius 2 is 0.797 bits per heavy atom. The first kappa shape index (κ1) is 68.0. The van der Waals surface area contributed by atoms with Crippen LogP contribution in [0.4, 0.5) is 0 Å². The number of rotatable bonds is 57. The second-order valence-electron chi connectivity index (χ2n) is 21.7. The van der Waals surface area contributed by atoms with Crippen LogP contribution in [0, 0.1) is 0 Å². The quantitative estimate of drug-likeness (QED) is 0.0197. The molecule has 0 rings (SSSR count). The van der Waals surface area contributed by atoms with E-state index in [1.54, 1.807) is 0 Å². The molecule has 2 unspecified atom stereocenters. The van der Waals surface area contributed by atoms with Gasteiger partial charge < -0.3 is 27.9 Å². The highest BCUT2D eigenvalue weighted by atomic mass is 31.2. The molecule has 0 spiro atoms. The summed E-state index contributed by atoms with van der Waals surface area (Å²) in [6.07, 6.45) is 65.1. The van der Waals surface area contributed by atoms with Crippen molar-refractivity contribution in [2.24, 2.45) is 0 Å². The van der Waals surface area contributed by atoms with Crippen molar-refractivity contribution in [1.29, 1.82) is 0 Å². The maximum atomic E-state index is 12.8. The minimum atomic E-state index is -4.53. The number of hydrogen-bond acceptors (Lipinski definition) is 7. The van der Waals surface area contributed by atoms with Gasteiger partial charge in [0.1, 0.15) is 19.3 Å². The fraction of sp³-hybridized carbons (Fsp3) is 0.917. The SMILES string of the molecule is CCCCCCC/C=C\C/C=C\CCCCCCCCCCCCOCC(COP(=O)([O-])OCC[N+](C)(C)C)OC(=O)CCCCCCCCCCCCCCCCCCCCCCCCCCC. The predicted octanol–water partition coefficient (Wildman–Crippen LogP) is 18.4. The molecule has 9 heteroatoms. The van der Waals surface area contributed by atoms with Crippen LogP contribution in [0.1, 0.15) is 296 Å². The molecule has 0 aromatic heterocycles. The first-order valence-electron chi connectivity index (χ1n) is 30.1. The lowest BCUT2D eigenvalue weighted by Crippen LogP contribution is -2.37. The van der Waals surface area contributed by atoms with Gasteiger partial charge in [0.2, 0.25) is 0 Å². The van der Waals surface area contributed by atoms with Crippen LogP contribution in [-0.2, 0) is 27.9 Å². The summed E-state index contributed by atoms with van der Waals surface area (Å²) in [4.78, 5) is 25.3. The Hall–Kier alpha value is -1.02. The number of carbonyl (C=O) groups excluding carboxylic acids is 1. The average molecular weight is 997 g/mol. The number of quaternary nitrogens is 1. The Bertz CT molecular complexity index is 1160. The van der Waals surface area contributed by atoms with Gasteiger partial charge >= 0.3 is 5.97 Å². The van der Waals surface area contributed by atoms with Gasteiger partial charge in [-0.05, 0) is 44.9 Å². The lowest BCUT2D eigenvalue weighted by molar-refractivity contribution is -0.870. The van der Waals surface area contributed by atoms with Crippen LogP contribution < -0.4 is 4.89 Å². The number of esters is 1. The number of phosphoric ester groups is 1. The van der Waals surface area contributed by atoms with Gasteiger partial charge in [0.15, 0.2) is 0 Å². The normalized spacial score (nSPS) is 13.5. The topological polar surface area (TPSA) is 94.1 Å². The van der Waals surface area contributed by atoms with Gasteiger partial charge in [0, 0.05) is 13.0 Å². The van der Waals surface area contributed by atoms with Crippen molar-refractivity contribution in [2.75, 3.05) is 54.1 Å². The highest BCUT2D eigenvalue weighted by Crippen LogP contribution is 2.38. The second kappa shape index (κ2) is 53.3. The molecule has 0 bridgehead atoms. The van der Waals surface area contributed by atoms with E-state index in [4.69, 9.17) is 18.5 Å². The van der Waals surface area contributed by atoms with Gasteiger partial charge in [-0.2, -0.15) is 0 Å². The summed E-state index contributed by atoms with van der Waals surface area (Å²) in [5.74, 6) is -0.327. The summed E-state index contributed by atoms with van der Waals surface area (Å²) in [5.41, 5.74) is 0. The first-order chi connectivity index (χ1) is 33.6. The molecule has 0 aliphatic rings. The van der Waals surface area contributed by atoms with Gasteiger partial charge in [-0.15, -0.1) is 0 Å². The number of hydrogen-bond donors (Lipinski definition) is 0. The van der Waals surface area contributed by atoms with E-state index >= 15 is 0 Å². The summed E-state index contributed by atoms with van der Waals surface area (Å²) < 4.78 is 34.9. The lowest BCUT2D eigenvalue weighted by atomic mass is 10.0. The molecule has 0 saturated heterocycles. The van der Waals surface area contributed by atoms with E-state index in [-0.39, 0.29) is 25.8 Å². The van der Waals surface area contributed by atoms with Crippen LogP contribution in [0.15, 0.2) is 24.3 Å². The maximum Gasteiger partial charge on any atom is 0.306 e. The molecule has 0 aliphatic heterocycles. The highest BCUT2D eigenvalue weighted by molar-refractivity contribution is 7.45. The molecule has 0 fully saturated rings. The maximum absolute atomic E-state index is 12.8. The van der Waals surface area contributed by atoms with Crippen molar-refractivity contribution in [3.8, 4) is 0 Å². The van der Waals surface area contributed by atoms with Crippen LogP contribution in [0.25, 0.3) is 0 Å². The number of nitrogens with zero attached hydrogens (tertiary/aromatic N) is 1. The standard InChI is InChI=1S/C60H118NO7P/c1-6-8-10-12-14-16-18-20-22-24-26-28-30-31-32-33-35-37-39-41-43-45-47-49-51-53-60(62)68-59(58-67-69(63,64)66-56-54-61(3,4)5)57-65-55-52-50-48-46-44-42-40-38-36-34-29-27-25-23-21-19-17-15-13-11-9-7-2/h19,21,25,27,59H,6-18,20,22-24,26,28-58H2,1-5H3/b21-19-,27-25-. The number of likely N-dealkylation sites (N-methyl/N-ethyl adjacent to an activating group) is 1. The number of ether oxygens (including phenoxy) is 2. The summed E-state index contributed by atoms with van der Waals surface area (Å²) in [6, 6.07) is 0. The molecule has 0 amide bonds. The van der Waals surface area contributed by atoms with E-state index in [1.165, 1.54) is 238 Å².